The minimum absolute atomic E-state index is 0.0700. The van der Waals surface area contributed by atoms with Crippen molar-refractivity contribution in [3.05, 3.63) is 83.9 Å². The van der Waals surface area contributed by atoms with Crippen LogP contribution in [0.25, 0.3) is 22.4 Å². The van der Waals surface area contributed by atoms with Crippen LogP contribution >= 0.6 is 0 Å². The number of ketones is 1. The zero-order chi connectivity index (χ0) is 21.9. The summed E-state index contributed by atoms with van der Waals surface area (Å²) >= 11 is 0. The molecule has 3 aromatic carbocycles. The molecule has 1 saturated carbocycles. The lowest BCUT2D eigenvalue weighted by Crippen LogP contribution is -2.14. The highest BCUT2D eigenvalue weighted by molar-refractivity contribution is 5.97. The number of nitrogens with zero attached hydrogens (tertiary/aromatic N) is 2. The van der Waals surface area contributed by atoms with E-state index < -0.39 is 0 Å². The summed E-state index contributed by atoms with van der Waals surface area (Å²) in [6, 6.07) is 24.8. The van der Waals surface area contributed by atoms with Crippen molar-refractivity contribution >= 4 is 16.8 Å². The van der Waals surface area contributed by atoms with E-state index in [1.165, 1.54) is 32.1 Å². The fourth-order valence-electron chi connectivity index (χ4n) is 4.67. The summed E-state index contributed by atoms with van der Waals surface area (Å²) in [7, 11) is 0. The number of carbonyl (C=O) groups is 1. The number of fused-ring (bicyclic) bond motifs is 1. The summed E-state index contributed by atoms with van der Waals surface area (Å²) in [5, 5.41) is 0. The van der Waals surface area contributed by atoms with Gasteiger partial charge in [0.05, 0.1) is 11.0 Å². The van der Waals surface area contributed by atoms with E-state index in [4.69, 9.17) is 9.72 Å². The second-order valence-corrected chi connectivity index (χ2v) is 8.66. The molecule has 0 bridgehead atoms. The average Bonchev–Trinajstić information content (AvgIpc) is 3.23. The van der Waals surface area contributed by atoms with Gasteiger partial charge in [0, 0.05) is 17.2 Å². The van der Waals surface area contributed by atoms with Gasteiger partial charge >= 0.3 is 0 Å². The Morgan fingerprint density at radius 2 is 1.72 bits per heavy atom. The second-order valence-electron chi connectivity index (χ2n) is 8.66. The fourth-order valence-corrected chi connectivity index (χ4v) is 4.67. The van der Waals surface area contributed by atoms with Gasteiger partial charge in [0.25, 0.3) is 0 Å². The van der Waals surface area contributed by atoms with Crippen molar-refractivity contribution in [2.75, 3.05) is 0 Å². The summed E-state index contributed by atoms with van der Waals surface area (Å²) in [4.78, 5) is 16.9. The summed E-state index contributed by atoms with van der Waals surface area (Å²) < 4.78 is 8.37. The van der Waals surface area contributed by atoms with Gasteiger partial charge < -0.3 is 9.30 Å². The number of hydrogen-bond donors (Lipinski definition) is 0. The van der Waals surface area contributed by atoms with Gasteiger partial charge in [-0.05, 0) is 67.8 Å². The first-order chi connectivity index (χ1) is 15.7. The minimum Gasteiger partial charge on any atom is -0.489 e. The Bertz CT molecular complexity index is 1220. The molecule has 32 heavy (non-hydrogen) atoms. The van der Waals surface area contributed by atoms with Crippen LogP contribution in [0.15, 0.2) is 72.8 Å². The number of carbonyl (C=O) groups excluding carboxylic acids is 1. The molecule has 4 aromatic rings. The molecule has 0 radical (unpaired) electrons. The number of benzene rings is 3. The van der Waals surface area contributed by atoms with E-state index in [-0.39, 0.29) is 5.78 Å². The third-order valence-electron chi connectivity index (χ3n) is 6.40. The molecule has 1 aliphatic carbocycles. The van der Waals surface area contributed by atoms with Crippen LogP contribution in [0, 0.1) is 0 Å². The second kappa shape index (κ2) is 8.99. The Labute approximate surface area is 188 Å². The Hall–Kier alpha value is -3.40. The summed E-state index contributed by atoms with van der Waals surface area (Å²) in [5.74, 6) is 1.89. The molecule has 1 fully saturated rings. The highest BCUT2D eigenvalue weighted by Gasteiger charge is 2.22. The smallest absolute Gasteiger partial charge is 0.159 e. The van der Waals surface area contributed by atoms with Gasteiger partial charge in [-0.15, -0.1) is 0 Å². The number of rotatable bonds is 6. The molecule has 1 aromatic heterocycles. The molecule has 4 heteroatoms. The first-order valence-electron chi connectivity index (χ1n) is 11.5. The molecule has 0 spiro atoms. The van der Waals surface area contributed by atoms with Crippen molar-refractivity contribution in [2.24, 2.45) is 0 Å². The predicted molar refractivity (Wildman–Crippen MR) is 128 cm³/mol. The third-order valence-corrected chi connectivity index (χ3v) is 6.40. The molecule has 1 aliphatic rings. The lowest BCUT2D eigenvalue weighted by molar-refractivity contribution is 0.101. The molecule has 0 N–H and O–H groups in total. The number of ether oxygens (including phenoxy) is 1. The van der Waals surface area contributed by atoms with Gasteiger partial charge in [-0.25, -0.2) is 4.98 Å². The Kier molecular flexibility index (Phi) is 5.76. The highest BCUT2D eigenvalue weighted by Crippen LogP contribution is 2.36. The molecule has 1 heterocycles. The summed E-state index contributed by atoms with van der Waals surface area (Å²) in [5.41, 5.74) is 4.94. The van der Waals surface area contributed by atoms with Gasteiger partial charge in [0.15, 0.2) is 5.78 Å². The van der Waals surface area contributed by atoms with E-state index in [0.717, 1.165) is 33.7 Å². The Morgan fingerprint density at radius 1 is 0.969 bits per heavy atom. The van der Waals surface area contributed by atoms with Crippen molar-refractivity contribution < 1.29 is 9.53 Å². The maximum absolute atomic E-state index is 11.9. The first-order valence-corrected chi connectivity index (χ1v) is 11.5. The number of imidazole rings is 1. The van der Waals surface area contributed by atoms with E-state index >= 15 is 0 Å². The molecule has 0 aliphatic heterocycles. The van der Waals surface area contributed by atoms with E-state index in [1.54, 1.807) is 6.92 Å². The predicted octanol–water partition coefficient (Wildman–Crippen LogP) is 6.99. The molecule has 162 valence electrons. The standard InChI is InChI=1S/C28H28N2O2/c1-20(31)23-14-17-27-26(18-23)29-28(30(27)24-10-6-3-7-11-24)22-12-15-25(16-13-22)32-19-21-8-4-2-5-9-21/h2,4-5,8-9,12-18,24H,3,6-7,10-11,19H2,1H3. The van der Waals surface area contributed by atoms with Crippen LogP contribution in [-0.4, -0.2) is 15.3 Å². The first kappa shape index (κ1) is 20.5. The zero-order valence-corrected chi connectivity index (χ0v) is 18.5. The normalized spacial score (nSPS) is 14.5. The number of hydrogen-bond acceptors (Lipinski definition) is 3. The van der Waals surface area contributed by atoms with Crippen LogP contribution in [0.2, 0.25) is 0 Å². The Balaban J connectivity index is 1.48. The fraction of sp³-hybridized carbons (Fsp3) is 0.286. The quantitative estimate of drug-likeness (QED) is 0.313. The number of aromatic nitrogens is 2. The van der Waals surface area contributed by atoms with Crippen molar-refractivity contribution in [3.8, 4) is 17.1 Å². The molecule has 4 nitrogen and oxygen atoms in total. The third kappa shape index (κ3) is 4.18. The van der Waals surface area contributed by atoms with E-state index in [1.807, 2.05) is 42.5 Å². The molecule has 5 rings (SSSR count). The maximum Gasteiger partial charge on any atom is 0.159 e. The zero-order valence-electron chi connectivity index (χ0n) is 18.5. The van der Waals surface area contributed by atoms with E-state index in [9.17, 15) is 4.79 Å². The minimum atomic E-state index is 0.0700. The van der Waals surface area contributed by atoms with E-state index in [0.29, 0.717) is 18.2 Å². The molecule has 0 atom stereocenters. The van der Waals surface area contributed by atoms with Gasteiger partial charge in [-0.1, -0.05) is 49.6 Å². The lowest BCUT2D eigenvalue weighted by Gasteiger charge is -2.25. The Morgan fingerprint density at radius 3 is 2.44 bits per heavy atom. The summed E-state index contributed by atoms with van der Waals surface area (Å²) in [6.07, 6.45) is 6.15. The monoisotopic (exact) mass is 424 g/mol. The SMILES string of the molecule is CC(=O)c1ccc2c(c1)nc(-c1ccc(OCc3ccccc3)cc1)n2C1CCCCC1. The molecule has 0 unspecified atom stereocenters. The van der Waals surface area contributed by atoms with Crippen molar-refractivity contribution in [3.63, 3.8) is 0 Å². The summed E-state index contributed by atoms with van der Waals surface area (Å²) in [6.45, 7) is 2.16. The molecule has 0 saturated heterocycles. The lowest BCUT2D eigenvalue weighted by atomic mass is 9.94. The molecular weight excluding hydrogens is 396 g/mol. The molecular formula is C28H28N2O2. The van der Waals surface area contributed by atoms with Crippen LogP contribution < -0.4 is 4.74 Å². The van der Waals surface area contributed by atoms with Crippen molar-refractivity contribution in [1.29, 1.82) is 0 Å². The largest absolute Gasteiger partial charge is 0.489 e. The van der Waals surface area contributed by atoms with Gasteiger partial charge in [-0.3, -0.25) is 4.79 Å². The van der Waals surface area contributed by atoms with Crippen LogP contribution in [0.4, 0.5) is 0 Å². The number of Topliss-reactive ketones (excluding diaryl/α,β-unsaturated/α-hetero) is 1. The van der Waals surface area contributed by atoms with Crippen LogP contribution in [0.3, 0.4) is 0 Å². The maximum atomic E-state index is 11.9. The highest BCUT2D eigenvalue weighted by atomic mass is 16.5. The van der Waals surface area contributed by atoms with Crippen LogP contribution in [0.5, 0.6) is 5.75 Å². The van der Waals surface area contributed by atoms with Crippen molar-refractivity contribution in [1.82, 2.24) is 9.55 Å². The van der Waals surface area contributed by atoms with Crippen molar-refractivity contribution in [2.45, 2.75) is 51.7 Å². The topological polar surface area (TPSA) is 44.1 Å². The van der Waals surface area contributed by atoms with Gasteiger partial charge in [0.2, 0.25) is 0 Å². The van der Waals surface area contributed by atoms with Crippen LogP contribution in [-0.2, 0) is 6.61 Å². The molecule has 0 amide bonds. The van der Waals surface area contributed by atoms with Crippen LogP contribution in [0.1, 0.15) is 61.0 Å². The van der Waals surface area contributed by atoms with Gasteiger partial charge in [-0.2, -0.15) is 0 Å². The van der Waals surface area contributed by atoms with E-state index in [2.05, 4.69) is 34.9 Å². The average molecular weight is 425 g/mol. The van der Waals surface area contributed by atoms with Gasteiger partial charge in [0.1, 0.15) is 18.2 Å².